The van der Waals surface area contributed by atoms with Crippen LogP contribution in [0.1, 0.15) is 57.4 Å². The Labute approximate surface area is 151 Å². The maximum atomic E-state index is 10.8. The van der Waals surface area contributed by atoms with Crippen molar-refractivity contribution in [2.75, 3.05) is 13.2 Å². The molecule has 2 aliphatic rings. The topological polar surface area (TPSA) is 47.9 Å². The van der Waals surface area contributed by atoms with E-state index in [9.17, 15) is 5.11 Å². The number of ether oxygens (including phenoxy) is 3. The van der Waals surface area contributed by atoms with Crippen LogP contribution in [0.3, 0.4) is 0 Å². The molecule has 1 saturated heterocycles. The Bertz CT molecular complexity index is 496. The van der Waals surface area contributed by atoms with Crippen LogP contribution in [0.15, 0.2) is 30.3 Å². The van der Waals surface area contributed by atoms with Crippen LogP contribution in [0.2, 0.25) is 0 Å². The fourth-order valence-corrected chi connectivity index (χ4v) is 3.92. The molecule has 0 unspecified atom stereocenters. The average Bonchev–Trinajstić information content (AvgIpc) is 2.67. The highest BCUT2D eigenvalue weighted by atomic mass is 16.7. The van der Waals surface area contributed by atoms with E-state index < -0.39 is 5.60 Å². The lowest BCUT2D eigenvalue weighted by atomic mass is 9.78. The first-order valence-corrected chi connectivity index (χ1v) is 9.76. The maximum Gasteiger partial charge on any atom is 0.183 e. The molecule has 1 aromatic rings. The molecule has 4 heteroatoms. The van der Waals surface area contributed by atoms with Gasteiger partial charge in [-0.3, -0.25) is 0 Å². The van der Waals surface area contributed by atoms with Crippen molar-refractivity contribution in [3.8, 4) is 0 Å². The van der Waals surface area contributed by atoms with Crippen LogP contribution < -0.4 is 0 Å². The summed E-state index contributed by atoms with van der Waals surface area (Å²) >= 11 is 0. The Morgan fingerprint density at radius 3 is 2.56 bits per heavy atom. The zero-order chi connectivity index (χ0) is 17.5. The lowest BCUT2D eigenvalue weighted by Crippen LogP contribution is -2.45. The standard InChI is InChI=1S/C21H32O4/c1-21(22,18-11-6-3-7-12-18)16-25-20-19(13-8-14-23-20)24-15-17-9-4-2-5-10-17/h2,4-5,9-10,18-20,22H,3,6-8,11-16H2,1H3/t19-,20+,21+/m0/s1. The largest absolute Gasteiger partial charge is 0.387 e. The fraction of sp³-hybridized carbons (Fsp3) is 0.714. The van der Waals surface area contributed by atoms with Crippen molar-refractivity contribution in [2.24, 2.45) is 5.92 Å². The molecule has 0 aromatic heterocycles. The molecule has 0 bridgehead atoms. The second-order valence-electron chi connectivity index (χ2n) is 7.72. The third-order valence-electron chi connectivity index (χ3n) is 5.55. The van der Waals surface area contributed by atoms with Crippen molar-refractivity contribution in [3.05, 3.63) is 35.9 Å². The summed E-state index contributed by atoms with van der Waals surface area (Å²) in [7, 11) is 0. The quantitative estimate of drug-likeness (QED) is 0.807. The van der Waals surface area contributed by atoms with E-state index in [-0.39, 0.29) is 12.4 Å². The van der Waals surface area contributed by atoms with Crippen LogP contribution in [0.25, 0.3) is 0 Å². The highest BCUT2D eigenvalue weighted by Gasteiger charge is 2.36. The lowest BCUT2D eigenvalue weighted by molar-refractivity contribution is -0.249. The summed E-state index contributed by atoms with van der Waals surface area (Å²) in [5.74, 6) is 0.327. The maximum absolute atomic E-state index is 10.8. The van der Waals surface area contributed by atoms with Gasteiger partial charge in [0.05, 0.1) is 18.8 Å². The van der Waals surface area contributed by atoms with E-state index in [1.165, 1.54) is 19.3 Å². The van der Waals surface area contributed by atoms with Crippen molar-refractivity contribution in [2.45, 2.75) is 76.5 Å². The van der Waals surface area contributed by atoms with Crippen LogP contribution in [0.4, 0.5) is 0 Å². The SMILES string of the molecule is C[C@@](O)(CO[C@H]1OCCC[C@@H]1OCc1ccccc1)C1CCCCC1. The third kappa shape index (κ3) is 5.52. The van der Waals surface area contributed by atoms with Crippen LogP contribution in [-0.4, -0.2) is 36.3 Å². The normalized spacial score (nSPS) is 27.8. The summed E-state index contributed by atoms with van der Waals surface area (Å²) in [6, 6.07) is 10.2. The van der Waals surface area contributed by atoms with Crippen LogP contribution in [0.5, 0.6) is 0 Å². The molecule has 2 fully saturated rings. The van der Waals surface area contributed by atoms with Gasteiger partial charge in [-0.2, -0.15) is 0 Å². The van der Waals surface area contributed by atoms with Crippen molar-refractivity contribution in [3.63, 3.8) is 0 Å². The van der Waals surface area contributed by atoms with Gasteiger partial charge in [0.15, 0.2) is 6.29 Å². The van der Waals surface area contributed by atoms with E-state index in [4.69, 9.17) is 14.2 Å². The van der Waals surface area contributed by atoms with Gasteiger partial charge in [0, 0.05) is 6.61 Å². The lowest BCUT2D eigenvalue weighted by Gasteiger charge is -2.38. The smallest absolute Gasteiger partial charge is 0.183 e. The second-order valence-corrected chi connectivity index (χ2v) is 7.72. The Morgan fingerprint density at radius 2 is 1.80 bits per heavy atom. The molecule has 1 saturated carbocycles. The van der Waals surface area contributed by atoms with Gasteiger partial charge >= 0.3 is 0 Å². The highest BCUT2D eigenvalue weighted by molar-refractivity contribution is 5.13. The van der Waals surface area contributed by atoms with Crippen LogP contribution in [-0.2, 0) is 20.8 Å². The molecule has 1 aromatic carbocycles. The molecular formula is C21H32O4. The van der Waals surface area contributed by atoms with Gasteiger partial charge in [-0.05, 0) is 44.1 Å². The first kappa shape index (κ1) is 18.8. The minimum atomic E-state index is -0.787. The Kier molecular flexibility index (Phi) is 6.88. The van der Waals surface area contributed by atoms with E-state index >= 15 is 0 Å². The third-order valence-corrected chi connectivity index (χ3v) is 5.55. The van der Waals surface area contributed by atoms with E-state index in [0.717, 1.165) is 31.2 Å². The number of benzene rings is 1. The van der Waals surface area contributed by atoms with Crippen molar-refractivity contribution >= 4 is 0 Å². The van der Waals surface area contributed by atoms with Gasteiger partial charge in [0.1, 0.15) is 6.10 Å². The zero-order valence-corrected chi connectivity index (χ0v) is 15.4. The first-order valence-electron chi connectivity index (χ1n) is 9.76. The van der Waals surface area contributed by atoms with Crippen LogP contribution >= 0.6 is 0 Å². The van der Waals surface area contributed by atoms with Gasteiger partial charge in [0.2, 0.25) is 0 Å². The number of aliphatic hydroxyl groups is 1. The van der Waals surface area contributed by atoms with E-state index in [2.05, 4.69) is 12.1 Å². The molecule has 0 amide bonds. The zero-order valence-electron chi connectivity index (χ0n) is 15.4. The first-order chi connectivity index (χ1) is 12.1. The Balaban J connectivity index is 1.50. The molecule has 4 nitrogen and oxygen atoms in total. The van der Waals surface area contributed by atoms with Gasteiger partial charge in [-0.15, -0.1) is 0 Å². The molecule has 3 atom stereocenters. The van der Waals surface area contributed by atoms with Crippen molar-refractivity contribution < 1.29 is 19.3 Å². The summed E-state index contributed by atoms with van der Waals surface area (Å²) in [5, 5.41) is 10.8. The molecule has 0 spiro atoms. The summed E-state index contributed by atoms with van der Waals surface area (Å²) in [5.41, 5.74) is 0.367. The number of rotatable bonds is 7. The Morgan fingerprint density at radius 1 is 1.04 bits per heavy atom. The molecule has 1 aliphatic heterocycles. The van der Waals surface area contributed by atoms with E-state index in [1.807, 2.05) is 25.1 Å². The van der Waals surface area contributed by atoms with E-state index in [1.54, 1.807) is 0 Å². The van der Waals surface area contributed by atoms with Crippen molar-refractivity contribution in [1.29, 1.82) is 0 Å². The molecule has 0 radical (unpaired) electrons. The summed E-state index contributed by atoms with van der Waals surface area (Å²) in [4.78, 5) is 0. The van der Waals surface area contributed by atoms with Crippen LogP contribution in [0, 0.1) is 5.92 Å². The second kappa shape index (κ2) is 9.13. The minimum Gasteiger partial charge on any atom is -0.387 e. The summed E-state index contributed by atoms with van der Waals surface area (Å²) in [6.07, 6.45) is 7.36. The fourth-order valence-electron chi connectivity index (χ4n) is 3.92. The molecule has 1 heterocycles. The van der Waals surface area contributed by atoms with E-state index in [0.29, 0.717) is 25.7 Å². The highest BCUT2D eigenvalue weighted by Crippen LogP contribution is 2.33. The monoisotopic (exact) mass is 348 g/mol. The van der Waals surface area contributed by atoms with Gasteiger partial charge in [-0.25, -0.2) is 0 Å². The predicted octanol–water partition coefficient (Wildman–Crippen LogP) is 4.06. The summed E-state index contributed by atoms with van der Waals surface area (Å²) < 4.78 is 17.9. The van der Waals surface area contributed by atoms with Gasteiger partial charge in [0.25, 0.3) is 0 Å². The minimum absolute atomic E-state index is 0.0730. The summed E-state index contributed by atoms with van der Waals surface area (Å²) in [6.45, 7) is 3.48. The average molecular weight is 348 g/mol. The Hall–Kier alpha value is -0.940. The molecule has 25 heavy (non-hydrogen) atoms. The van der Waals surface area contributed by atoms with Crippen molar-refractivity contribution in [1.82, 2.24) is 0 Å². The molecule has 1 N–H and O–H groups in total. The number of hydrogen-bond donors (Lipinski definition) is 1. The predicted molar refractivity (Wildman–Crippen MR) is 97.1 cm³/mol. The molecule has 1 aliphatic carbocycles. The molecular weight excluding hydrogens is 316 g/mol. The van der Waals surface area contributed by atoms with Gasteiger partial charge < -0.3 is 19.3 Å². The molecule has 140 valence electrons. The number of hydrogen-bond acceptors (Lipinski definition) is 4. The van der Waals surface area contributed by atoms with Gasteiger partial charge in [-0.1, -0.05) is 49.6 Å². The molecule has 3 rings (SSSR count).